The number of aryl methyl sites for hydroxylation is 2. The minimum absolute atomic E-state index is 0.0731. The molecule has 124 valence electrons. The van der Waals surface area contributed by atoms with Gasteiger partial charge in [0, 0.05) is 62.7 Å². The highest BCUT2D eigenvalue weighted by Gasteiger charge is 2.30. The van der Waals surface area contributed by atoms with E-state index in [1.807, 2.05) is 45.5 Å². The van der Waals surface area contributed by atoms with Gasteiger partial charge in [-0.15, -0.1) is 0 Å². The van der Waals surface area contributed by atoms with E-state index in [2.05, 4.69) is 10.4 Å². The Morgan fingerprint density at radius 1 is 1.39 bits per heavy atom. The lowest BCUT2D eigenvalue weighted by Gasteiger charge is -2.18. The van der Waals surface area contributed by atoms with Gasteiger partial charge in [0.15, 0.2) is 0 Å². The Morgan fingerprint density at radius 3 is 2.96 bits per heavy atom. The highest BCUT2D eigenvalue weighted by molar-refractivity contribution is 5.15. The lowest BCUT2D eigenvalue weighted by atomic mass is 9.97. The van der Waals surface area contributed by atoms with Crippen LogP contribution >= 0.6 is 0 Å². The maximum atomic E-state index is 12.2. The van der Waals surface area contributed by atoms with Gasteiger partial charge in [0.05, 0.1) is 12.3 Å². The van der Waals surface area contributed by atoms with E-state index in [0.717, 1.165) is 36.4 Å². The van der Waals surface area contributed by atoms with Crippen molar-refractivity contribution in [3.8, 4) is 0 Å². The topological polar surface area (TPSA) is 61.1 Å². The number of hydrogen-bond donors (Lipinski definition) is 1. The molecule has 1 aliphatic rings. The molecule has 23 heavy (non-hydrogen) atoms. The zero-order valence-electron chi connectivity index (χ0n) is 14.0. The zero-order chi connectivity index (χ0) is 16.4. The molecule has 0 aliphatic carbocycles. The van der Waals surface area contributed by atoms with Crippen molar-refractivity contribution in [1.82, 2.24) is 19.7 Å². The van der Waals surface area contributed by atoms with Crippen molar-refractivity contribution < 1.29 is 4.74 Å². The van der Waals surface area contributed by atoms with Crippen LogP contribution in [-0.2, 0) is 25.4 Å². The van der Waals surface area contributed by atoms with Crippen LogP contribution in [0.5, 0.6) is 0 Å². The van der Waals surface area contributed by atoms with Crippen LogP contribution in [0.15, 0.2) is 29.3 Å². The molecule has 3 rings (SSSR count). The normalized spacial score (nSPS) is 21.0. The third kappa shape index (κ3) is 3.38. The molecule has 0 bridgehead atoms. The maximum absolute atomic E-state index is 12.2. The summed E-state index contributed by atoms with van der Waals surface area (Å²) >= 11 is 0. The van der Waals surface area contributed by atoms with Gasteiger partial charge in [-0.3, -0.25) is 9.48 Å². The Balaban J connectivity index is 1.60. The summed E-state index contributed by atoms with van der Waals surface area (Å²) in [4.78, 5) is 12.2. The second-order valence-corrected chi connectivity index (χ2v) is 6.28. The summed E-state index contributed by atoms with van der Waals surface area (Å²) in [5.41, 5.74) is 2.97. The summed E-state index contributed by atoms with van der Waals surface area (Å²) in [5, 5.41) is 7.64. The molecule has 1 fully saturated rings. The molecular weight excluding hydrogens is 292 g/mol. The number of ether oxygens (including phenoxy) is 1. The molecule has 3 heterocycles. The van der Waals surface area contributed by atoms with E-state index in [1.54, 1.807) is 9.25 Å². The van der Waals surface area contributed by atoms with E-state index < -0.39 is 0 Å². The van der Waals surface area contributed by atoms with Gasteiger partial charge in [-0.2, -0.15) is 5.10 Å². The molecular formula is C17H24N4O2. The van der Waals surface area contributed by atoms with Crippen LogP contribution in [0.1, 0.15) is 29.3 Å². The third-order valence-corrected chi connectivity index (χ3v) is 4.62. The molecule has 0 spiro atoms. The number of aromatic nitrogens is 3. The molecule has 0 saturated carbocycles. The van der Waals surface area contributed by atoms with Gasteiger partial charge in [0.2, 0.25) is 0 Å². The van der Waals surface area contributed by atoms with Crippen LogP contribution in [0.3, 0.4) is 0 Å². The van der Waals surface area contributed by atoms with E-state index >= 15 is 0 Å². The second kappa shape index (κ2) is 6.68. The first-order chi connectivity index (χ1) is 11.1. The van der Waals surface area contributed by atoms with Crippen LogP contribution in [0, 0.1) is 12.8 Å². The van der Waals surface area contributed by atoms with Gasteiger partial charge in [-0.05, 0) is 19.4 Å². The van der Waals surface area contributed by atoms with E-state index in [-0.39, 0.29) is 11.7 Å². The van der Waals surface area contributed by atoms with Gasteiger partial charge in [-0.1, -0.05) is 6.07 Å². The fourth-order valence-electron chi connectivity index (χ4n) is 3.11. The van der Waals surface area contributed by atoms with Gasteiger partial charge in [-0.25, -0.2) is 0 Å². The first-order valence-electron chi connectivity index (χ1n) is 8.02. The molecule has 2 aromatic heterocycles. The van der Waals surface area contributed by atoms with E-state index in [1.165, 1.54) is 0 Å². The van der Waals surface area contributed by atoms with Crippen LogP contribution in [-0.4, -0.2) is 27.5 Å². The second-order valence-electron chi connectivity index (χ2n) is 6.28. The van der Waals surface area contributed by atoms with Crippen molar-refractivity contribution in [3.63, 3.8) is 0 Å². The smallest absolute Gasteiger partial charge is 0.254 e. The molecule has 0 amide bonds. The molecule has 0 unspecified atom stereocenters. The van der Waals surface area contributed by atoms with Crippen LogP contribution in [0.4, 0.5) is 0 Å². The molecule has 1 N–H and O–H groups in total. The largest absolute Gasteiger partial charge is 0.373 e. The Bertz CT molecular complexity index is 734. The predicted molar refractivity (Wildman–Crippen MR) is 88.1 cm³/mol. The molecule has 6 nitrogen and oxygen atoms in total. The van der Waals surface area contributed by atoms with Crippen molar-refractivity contribution in [1.29, 1.82) is 0 Å². The first-order valence-corrected chi connectivity index (χ1v) is 8.02. The average molecular weight is 316 g/mol. The quantitative estimate of drug-likeness (QED) is 0.903. The van der Waals surface area contributed by atoms with E-state index in [4.69, 9.17) is 4.74 Å². The standard InChI is InChI=1S/C17H24N4O2/c1-12-4-5-14(17(22)21(12)3)9-18-8-13-6-7-23-16(13)15-10-19-20(2)11-15/h4-5,10-11,13,16,18H,6-9H2,1-3H3/t13-,16+/m1/s1. The molecule has 2 atom stereocenters. The van der Waals surface area contributed by atoms with Crippen molar-refractivity contribution in [3.05, 3.63) is 51.7 Å². The van der Waals surface area contributed by atoms with Crippen LogP contribution in [0.2, 0.25) is 0 Å². The van der Waals surface area contributed by atoms with Crippen molar-refractivity contribution in [2.75, 3.05) is 13.2 Å². The summed E-state index contributed by atoms with van der Waals surface area (Å²) in [7, 11) is 3.73. The molecule has 6 heteroatoms. The van der Waals surface area contributed by atoms with E-state index in [0.29, 0.717) is 12.5 Å². The summed E-state index contributed by atoms with van der Waals surface area (Å²) in [6.07, 6.45) is 5.01. The highest BCUT2D eigenvalue weighted by Crippen LogP contribution is 2.33. The Labute approximate surface area is 136 Å². The van der Waals surface area contributed by atoms with Gasteiger partial charge in [0.1, 0.15) is 0 Å². The fraction of sp³-hybridized carbons (Fsp3) is 0.529. The van der Waals surface area contributed by atoms with Gasteiger partial charge >= 0.3 is 0 Å². The van der Waals surface area contributed by atoms with Crippen molar-refractivity contribution >= 4 is 0 Å². The molecule has 2 aromatic rings. The van der Waals surface area contributed by atoms with Crippen molar-refractivity contribution in [2.45, 2.75) is 26.0 Å². The maximum Gasteiger partial charge on any atom is 0.254 e. The average Bonchev–Trinajstić information content (AvgIpc) is 3.16. The monoisotopic (exact) mass is 316 g/mol. The summed E-state index contributed by atoms with van der Waals surface area (Å²) < 4.78 is 9.36. The number of nitrogens with one attached hydrogen (secondary N) is 1. The predicted octanol–water partition coefficient (Wildman–Crippen LogP) is 1.29. The molecule has 1 saturated heterocycles. The SMILES string of the molecule is Cc1ccc(CNC[C@H]2CCO[C@@H]2c2cnn(C)c2)c(=O)n1C. The summed E-state index contributed by atoms with van der Waals surface area (Å²) in [5.74, 6) is 0.411. The first kappa shape index (κ1) is 16.0. The summed E-state index contributed by atoms with van der Waals surface area (Å²) in [6.45, 7) is 4.13. The highest BCUT2D eigenvalue weighted by atomic mass is 16.5. The Kier molecular flexibility index (Phi) is 4.63. The van der Waals surface area contributed by atoms with Gasteiger partial charge in [0.25, 0.3) is 5.56 Å². The lowest BCUT2D eigenvalue weighted by molar-refractivity contribution is 0.0904. The third-order valence-electron chi connectivity index (χ3n) is 4.62. The number of rotatable bonds is 5. The minimum Gasteiger partial charge on any atom is -0.373 e. The fourth-order valence-corrected chi connectivity index (χ4v) is 3.11. The minimum atomic E-state index is 0.0731. The summed E-state index contributed by atoms with van der Waals surface area (Å²) in [6, 6.07) is 3.89. The Morgan fingerprint density at radius 2 is 2.22 bits per heavy atom. The van der Waals surface area contributed by atoms with Crippen LogP contribution < -0.4 is 10.9 Å². The van der Waals surface area contributed by atoms with E-state index in [9.17, 15) is 4.79 Å². The van der Waals surface area contributed by atoms with Crippen molar-refractivity contribution in [2.24, 2.45) is 20.0 Å². The number of nitrogens with zero attached hydrogens (tertiary/aromatic N) is 3. The lowest BCUT2D eigenvalue weighted by Crippen LogP contribution is -2.29. The number of hydrogen-bond acceptors (Lipinski definition) is 4. The number of pyridine rings is 1. The Hall–Kier alpha value is -1.92. The van der Waals surface area contributed by atoms with Crippen LogP contribution in [0.25, 0.3) is 0 Å². The molecule has 0 radical (unpaired) electrons. The zero-order valence-corrected chi connectivity index (χ0v) is 14.0. The van der Waals surface area contributed by atoms with Gasteiger partial charge < -0.3 is 14.6 Å². The molecule has 1 aliphatic heterocycles. The molecule has 0 aromatic carbocycles.